The number of hydrogen-bond donors (Lipinski definition) is 0. The third-order valence-electron chi connectivity index (χ3n) is 6.31. The average Bonchev–Trinajstić information content (AvgIpc) is 3.29. The van der Waals surface area contributed by atoms with E-state index >= 15 is 0 Å². The minimum absolute atomic E-state index is 0.412. The normalized spacial score (nSPS) is 18.2. The van der Waals surface area contributed by atoms with Crippen molar-refractivity contribution in [2.75, 3.05) is 0 Å². The standard InChI is InChI=1S/C26H15IN2S/c27-18-10-7-15-23-24(18)26(17-9-2-6-14-22(17)30-23)16-8-1-4-12-20(16)29-21-13-5-3-11-19(21)28-25(26)29/h1-15H. The summed E-state index contributed by atoms with van der Waals surface area (Å²) < 4.78 is 3.66. The Morgan fingerprint density at radius 2 is 1.47 bits per heavy atom. The molecule has 1 aromatic heterocycles. The zero-order valence-corrected chi connectivity index (χ0v) is 18.8. The number of imidazole rings is 1. The molecule has 4 aromatic carbocycles. The summed E-state index contributed by atoms with van der Waals surface area (Å²) in [6, 6.07) is 32.8. The Hall–Kier alpha value is -2.57. The van der Waals surface area contributed by atoms with Crippen molar-refractivity contribution >= 4 is 45.4 Å². The van der Waals surface area contributed by atoms with Gasteiger partial charge < -0.3 is 0 Å². The van der Waals surface area contributed by atoms with Crippen molar-refractivity contribution in [3.05, 3.63) is 117 Å². The smallest absolute Gasteiger partial charge is 0.134 e. The Morgan fingerprint density at radius 3 is 2.40 bits per heavy atom. The lowest BCUT2D eigenvalue weighted by Crippen LogP contribution is -2.34. The largest absolute Gasteiger partial charge is 0.295 e. The van der Waals surface area contributed by atoms with Gasteiger partial charge in [0.05, 0.1) is 16.7 Å². The molecule has 0 amide bonds. The van der Waals surface area contributed by atoms with Crippen LogP contribution in [0, 0.1) is 3.57 Å². The van der Waals surface area contributed by atoms with Crippen LogP contribution in [0.25, 0.3) is 16.7 Å². The predicted molar refractivity (Wildman–Crippen MR) is 130 cm³/mol. The second kappa shape index (κ2) is 5.99. The Kier molecular flexibility index (Phi) is 3.42. The van der Waals surface area contributed by atoms with E-state index in [1.807, 2.05) is 11.8 Å². The molecular weight excluding hydrogens is 499 g/mol. The average molecular weight is 514 g/mol. The first-order valence-corrected chi connectivity index (χ1v) is 11.8. The van der Waals surface area contributed by atoms with Gasteiger partial charge in [0.25, 0.3) is 0 Å². The molecule has 4 heteroatoms. The van der Waals surface area contributed by atoms with Gasteiger partial charge in [-0.25, -0.2) is 4.98 Å². The first-order chi connectivity index (χ1) is 14.8. The van der Waals surface area contributed by atoms with Crippen molar-refractivity contribution in [1.29, 1.82) is 0 Å². The van der Waals surface area contributed by atoms with Gasteiger partial charge in [0.2, 0.25) is 0 Å². The van der Waals surface area contributed by atoms with Gasteiger partial charge in [0, 0.05) is 18.9 Å². The van der Waals surface area contributed by atoms with E-state index in [0.717, 1.165) is 11.3 Å². The molecule has 0 aliphatic carbocycles. The summed E-state index contributed by atoms with van der Waals surface area (Å²) in [5.41, 5.74) is 7.03. The molecule has 0 bridgehead atoms. The highest BCUT2D eigenvalue weighted by Gasteiger charge is 2.53. The molecule has 2 aliphatic heterocycles. The van der Waals surface area contributed by atoms with Crippen molar-refractivity contribution < 1.29 is 0 Å². The molecule has 0 saturated heterocycles. The zero-order chi connectivity index (χ0) is 19.9. The number of rotatable bonds is 0. The molecule has 30 heavy (non-hydrogen) atoms. The second-order valence-corrected chi connectivity index (χ2v) is 9.98. The fourth-order valence-electron chi connectivity index (χ4n) is 5.21. The lowest BCUT2D eigenvalue weighted by Gasteiger charge is -2.38. The van der Waals surface area contributed by atoms with Crippen LogP contribution in [0.5, 0.6) is 0 Å². The van der Waals surface area contributed by atoms with E-state index in [0.29, 0.717) is 0 Å². The van der Waals surface area contributed by atoms with Crippen LogP contribution in [0.4, 0.5) is 0 Å². The molecule has 1 atom stereocenters. The van der Waals surface area contributed by atoms with Gasteiger partial charge in [-0.2, -0.15) is 0 Å². The Balaban J connectivity index is 1.77. The van der Waals surface area contributed by atoms with Gasteiger partial charge in [-0.05, 0) is 70.1 Å². The van der Waals surface area contributed by atoms with Crippen molar-refractivity contribution in [3.63, 3.8) is 0 Å². The molecule has 3 heterocycles. The van der Waals surface area contributed by atoms with Crippen molar-refractivity contribution in [1.82, 2.24) is 9.55 Å². The Labute approximate surface area is 192 Å². The van der Waals surface area contributed by atoms with Crippen molar-refractivity contribution in [2.45, 2.75) is 15.2 Å². The third kappa shape index (κ3) is 1.94. The molecule has 0 fully saturated rings. The molecule has 1 spiro atoms. The first-order valence-electron chi connectivity index (χ1n) is 9.94. The molecule has 142 valence electrons. The molecule has 0 radical (unpaired) electrons. The van der Waals surface area contributed by atoms with E-state index in [4.69, 9.17) is 4.98 Å². The number of halogens is 1. The lowest BCUT2D eigenvalue weighted by molar-refractivity contribution is 0.676. The quantitative estimate of drug-likeness (QED) is 0.208. The van der Waals surface area contributed by atoms with E-state index in [1.54, 1.807) is 0 Å². The molecule has 0 N–H and O–H groups in total. The summed E-state index contributed by atoms with van der Waals surface area (Å²) in [4.78, 5) is 7.90. The maximum absolute atomic E-state index is 5.27. The summed E-state index contributed by atoms with van der Waals surface area (Å²) in [6.07, 6.45) is 0. The van der Waals surface area contributed by atoms with Crippen LogP contribution in [-0.4, -0.2) is 9.55 Å². The topological polar surface area (TPSA) is 17.8 Å². The fraction of sp³-hybridized carbons (Fsp3) is 0.0385. The van der Waals surface area contributed by atoms with E-state index in [9.17, 15) is 0 Å². The van der Waals surface area contributed by atoms with Crippen LogP contribution in [0.2, 0.25) is 0 Å². The fourth-order valence-corrected chi connectivity index (χ4v) is 7.52. The maximum Gasteiger partial charge on any atom is 0.134 e. The molecule has 7 rings (SSSR count). The third-order valence-corrected chi connectivity index (χ3v) is 8.34. The van der Waals surface area contributed by atoms with Gasteiger partial charge in [-0.3, -0.25) is 4.57 Å². The van der Waals surface area contributed by atoms with Gasteiger partial charge in [0.15, 0.2) is 0 Å². The zero-order valence-electron chi connectivity index (χ0n) is 15.8. The number of hydrogen-bond acceptors (Lipinski definition) is 2. The van der Waals surface area contributed by atoms with E-state index < -0.39 is 5.41 Å². The van der Waals surface area contributed by atoms with E-state index in [2.05, 4.69) is 118 Å². The maximum atomic E-state index is 5.27. The van der Waals surface area contributed by atoms with E-state index in [-0.39, 0.29) is 0 Å². The highest BCUT2D eigenvalue weighted by molar-refractivity contribution is 14.1. The molecule has 1 unspecified atom stereocenters. The second-order valence-electron chi connectivity index (χ2n) is 7.74. The number of benzene rings is 4. The molecular formula is C26H15IN2S. The van der Waals surface area contributed by atoms with Gasteiger partial charge in [0.1, 0.15) is 11.2 Å². The Morgan fingerprint density at radius 1 is 0.733 bits per heavy atom. The first kappa shape index (κ1) is 17.1. The van der Waals surface area contributed by atoms with Crippen molar-refractivity contribution in [3.8, 4) is 5.69 Å². The summed E-state index contributed by atoms with van der Waals surface area (Å²) in [6.45, 7) is 0. The van der Waals surface area contributed by atoms with Crippen LogP contribution in [-0.2, 0) is 5.41 Å². The number of fused-ring (bicyclic) bond motifs is 11. The highest BCUT2D eigenvalue weighted by Crippen LogP contribution is 2.60. The number of aromatic nitrogens is 2. The van der Waals surface area contributed by atoms with Crippen LogP contribution >= 0.6 is 34.4 Å². The van der Waals surface area contributed by atoms with Crippen LogP contribution in [0.3, 0.4) is 0 Å². The minimum Gasteiger partial charge on any atom is -0.295 e. The summed E-state index contributed by atoms with van der Waals surface area (Å²) in [5.74, 6) is 1.10. The molecule has 2 aliphatic rings. The number of para-hydroxylation sites is 3. The highest BCUT2D eigenvalue weighted by atomic mass is 127. The predicted octanol–water partition coefficient (Wildman–Crippen LogP) is 6.79. The van der Waals surface area contributed by atoms with E-state index in [1.165, 1.54) is 41.3 Å². The minimum atomic E-state index is -0.412. The monoisotopic (exact) mass is 514 g/mol. The molecule has 0 saturated carbocycles. The van der Waals surface area contributed by atoms with Gasteiger partial charge in [-0.1, -0.05) is 66.4 Å². The van der Waals surface area contributed by atoms with Gasteiger partial charge >= 0.3 is 0 Å². The lowest BCUT2D eigenvalue weighted by atomic mass is 9.69. The van der Waals surface area contributed by atoms with Gasteiger partial charge in [-0.15, -0.1) is 0 Å². The Bertz CT molecular complexity index is 1500. The molecule has 2 nitrogen and oxygen atoms in total. The molecule has 5 aromatic rings. The van der Waals surface area contributed by atoms with Crippen molar-refractivity contribution in [2.24, 2.45) is 0 Å². The van der Waals surface area contributed by atoms with Crippen LogP contribution < -0.4 is 0 Å². The summed E-state index contributed by atoms with van der Waals surface area (Å²) in [5, 5.41) is 0. The summed E-state index contributed by atoms with van der Waals surface area (Å²) in [7, 11) is 0. The summed E-state index contributed by atoms with van der Waals surface area (Å²) >= 11 is 4.38. The van der Waals surface area contributed by atoms with Crippen LogP contribution in [0.1, 0.15) is 22.5 Å². The number of nitrogens with zero attached hydrogens (tertiary/aromatic N) is 2. The van der Waals surface area contributed by atoms with Crippen LogP contribution in [0.15, 0.2) is 101 Å². The SMILES string of the molecule is Ic1cccc2c1C1(c3ccccc3S2)c2ccccc2-n2c1nc1ccccc12.